The molecule has 0 aromatic carbocycles. The van der Waals surface area contributed by atoms with Crippen molar-refractivity contribution in [1.29, 1.82) is 0 Å². The fourth-order valence-electron chi connectivity index (χ4n) is 2.26. The third kappa shape index (κ3) is 2.52. The first-order valence-corrected chi connectivity index (χ1v) is 6.99. The summed E-state index contributed by atoms with van der Waals surface area (Å²) in [5, 5.41) is 0.454. The number of esters is 1. The summed E-state index contributed by atoms with van der Waals surface area (Å²) in [6.45, 7) is 2.10. The molecule has 0 saturated carbocycles. The Kier molecular flexibility index (Phi) is 4.28. The second-order valence-electron chi connectivity index (χ2n) is 4.17. The van der Waals surface area contributed by atoms with Gasteiger partial charge in [0.15, 0.2) is 0 Å². The molecule has 0 amide bonds. The average Bonchev–Trinajstić information content (AvgIpc) is 2.53. The molecule has 1 heterocycles. The number of nitrogens with zero attached hydrogens (tertiary/aromatic N) is 1. The minimum Gasteiger partial charge on any atom is -0.462 e. The zero-order chi connectivity index (χ0) is 13.0. The van der Waals surface area contributed by atoms with Gasteiger partial charge >= 0.3 is 5.97 Å². The zero-order valence-corrected chi connectivity index (χ0v) is 11.1. The molecule has 5 heteroatoms. The summed E-state index contributed by atoms with van der Waals surface area (Å²) in [7, 11) is 0. The van der Waals surface area contributed by atoms with E-state index in [0.29, 0.717) is 17.2 Å². The highest BCUT2D eigenvalue weighted by molar-refractivity contribution is 7.16. The van der Waals surface area contributed by atoms with Crippen LogP contribution in [0.5, 0.6) is 0 Å². The lowest BCUT2D eigenvalue weighted by Crippen LogP contribution is -2.07. The van der Waals surface area contributed by atoms with Gasteiger partial charge in [-0.3, -0.25) is 0 Å². The van der Waals surface area contributed by atoms with Crippen LogP contribution < -0.4 is 0 Å². The number of carbonyl (C=O) groups is 1. The maximum absolute atomic E-state index is 12.0. The van der Waals surface area contributed by atoms with E-state index in [1.54, 1.807) is 6.92 Å². The largest absolute Gasteiger partial charge is 0.462 e. The Bertz CT molecular complexity index is 501. The van der Waals surface area contributed by atoms with Crippen molar-refractivity contribution < 1.29 is 14.3 Å². The Morgan fingerprint density at radius 3 is 2.89 bits per heavy atom. The molecule has 96 valence electrons. The van der Waals surface area contributed by atoms with Crippen molar-refractivity contribution in [2.24, 2.45) is 4.99 Å². The van der Waals surface area contributed by atoms with E-state index >= 15 is 0 Å². The molecule has 0 saturated heterocycles. The molecule has 0 aliphatic heterocycles. The molecule has 2 rings (SSSR count). The smallest absolute Gasteiger partial charge is 0.341 e. The van der Waals surface area contributed by atoms with Crippen LogP contribution >= 0.6 is 11.3 Å². The molecule has 0 bridgehead atoms. The van der Waals surface area contributed by atoms with Gasteiger partial charge < -0.3 is 4.74 Å². The number of aliphatic imine (C=N–C) groups is 1. The van der Waals surface area contributed by atoms with Crippen LogP contribution in [0, 0.1) is 0 Å². The van der Waals surface area contributed by atoms with Gasteiger partial charge in [0, 0.05) is 4.88 Å². The van der Waals surface area contributed by atoms with Gasteiger partial charge in [-0.15, -0.1) is 11.3 Å². The molecule has 0 spiro atoms. The number of hydrogen-bond donors (Lipinski definition) is 0. The van der Waals surface area contributed by atoms with Gasteiger partial charge in [0.25, 0.3) is 0 Å². The van der Waals surface area contributed by atoms with Crippen LogP contribution in [0.4, 0.5) is 5.00 Å². The number of isocyanates is 1. The Morgan fingerprint density at radius 2 is 2.17 bits per heavy atom. The van der Waals surface area contributed by atoms with E-state index in [1.165, 1.54) is 28.7 Å². The van der Waals surface area contributed by atoms with Crippen molar-refractivity contribution in [3.63, 3.8) is 0 Å². The molecule has 0 unspecified atom stereocenters. The standard InChI is InChI=1S/C13H15NO3S/c1-2-17-13(16)11-9-6-4-3-5-7-10(9)18-12(11)14-8-15/h2-7H2,1H3. The molecule has 0 fully saturated rings. The first kappa shape index (κ1) is 13.0. The molecule has 0 N–H and O–H groups in total. The molecular formula is C13H15NO3S. The number of carbonyl (C=O) groups excluding carboxylic acids is 2. The van der Waals surface area contributed by atoms with E-state index in [9.17, 15) is 9.59 Å². The number of ether oxygens (including phenoxy) is 1. The Morgan fingerprint density at radius 1 is 1.39 bits per heavy atom. The van der Waals surface area contributed by atoms with Crippen molar-refractivity contribution >= 4 is 28.4 Å². The third-order valence-electron chi connectivity index (χ3n) is 3.03. The van der Waals surface area contributed by atoms with Gasteiger partial charge in [0.1, 0.15) is 10.6 Å². The Hall–Kier alpha value is -1.45. The molecular weight excluding hydrogens is 250 g/mol. The number of hydrogen-bond acceptors (Lipinski definition) is 5. The molecule has 1 aromatic heterocycles. The second-order valence-corrected chi connectivity index (χ2v) is 5.25. The summed E-state index contributed by atoms with van der Waals surface area (Å²) < 4.78 is 5.06. The summed E-state index contributed by atoms with van der Waals surface area (Å²) in [6.07, 6.45) is 6.72. The van der Waals surface area contributed by atoms with Gasteiger partial charge in [-0.25, -0.2) is 9.59 Å². The first-order chi connectivity index (χ1) is 8.77. The minimum atomic E-state index is -0.370. The lowest BCUT2D eigenvalue weighted by Gasteiger charge is -2.04. The van der Waals surface area contributed by atoms with E-state index in [4.69, 9.17) is 4.74 Å². The molecule has 0 radical (unpaired) electrons. The van der Waals surface area contributed by atoms with E-state index < -0.39 is 0 Å². The summed E-state index contributed by atoms with van der Waals surface area (Å²) >= 11 is 1.42. The van der Waals surface area contributed by atoms with Crippen LogP contribution in [0.1, 0.15) is 47.0 Å². The maximum atomic E-state index is 12.0. The molecule has 18 heavy (non-hydrogen) atoms. The summed E-state index contributed by atoms with van der Waals surface area (Å²) in [4.78, 5) is 27.3. The third-order valence-corrected chi connectivity index (χ3v) is 4.22. The monoisotopic (exact) mass is 265 g/mol. The number of fused-ring (bicyclic) bond motifs is 1. The lowest BCUT2D eigenvalue weighted by atomic mass is 10.1. The van der Waals surface area contributed by atoms with E-state index in [1.807, 2.05) is 0 Å². The summed E-state index contributed by atoms with van der Waals surface area (Å²) in [5.41, 5.74) is 1.52. The number of thiophene rings is 1. The van der Waals surface area contributed by atoms with E-state index in [2.05, 4.69) is 4.99 Å². The fourth-order valence-corrected chi connectivity index (χ4v) is 3.46. The molecule has 1 aliphatic rings. The van der Waals surface area contributed by atoms with E-state index in [-0.39, 0.29) is 5.97 Å². The maximum Gasteiger partial charge on any atom is 0.341 e. The van der Waals surface area contributed by atoms with Gasteiger partial charge in [-0.2, -0.15) is 4.99 Å². The lowest BCUT2D eigenvalue weighted by molar-refractivity contribution is 0.0526. The highest BCUT2D eigenvalue weighted by Gasteiger charge is 2.25. The highest BCUT2D eigenvalue weighted by Crippen LogP contribution is 2.39. The van der Waals surface area contributed by atoms with Crippen LogP contribution in [-0.2, 0) is 22.4 Å². The van der Waals surface area contributed by atoms with Crippen molar-refractivity contribution in [2.45, 2.75) is 39.0 Å². The van der Waals surface area contributed by atoms with Crippen molar-refractivity contribution in [2.75, 3.05) is 6.61 Å². The average molecular weight is 265 g/mol. The highest BCUT2D eigenvalue weighted by atomic mass is 32.1. The zero-order valence-electron chi connectivity index (χ0n) is 10.3. The predicted octanol–water partition coefficient (Wildman–Crippen LogP) is 3.16. The minimum absolute atomic E-state index is 0.327. The van der Waals surface area contributed by atoms with Gasteiger partial charge in [-0.05, 0) is 38.2 Å². The normalized spacial score (nSPS) is 14.3. The molecule has 4 nitrogen and oxygen atoms in total. The predicted molar refractivity (Wildman–Crippen MR) is 69.3 cm³/mol. The first-order valence-electron chi connectivity index (χ1n) is 6.17. The van der Waals surface area contributed by atoms with Crippen molar-refractivity contribution in [1.82, 2.24) is 0 Å². The Balaban J connectivity index is 2.48. The molecule has 1 aliphatic carbocycles. The molecule has 1 aromatic rings. The van der Waals surface area contributed by atoms with Crippen LogP contribution in [0.25, 0.3) is 0 Å². The van der Waals surface area contributed by atoms with Crippen LogP contribution in [0.2, 0.25) is 0 Å². The summed E-state index contributed by atoms with van der Waals surface area (Å²) in [6, 6.07) is 0. The van der Waals surface area contributed by atoms with Crippen LogP contribution in [0.15, 0.2) is 4.99 Å². The number of aryl methyl sites for hydroxylation is 1. The summed E-state index contributed by atoms with van der Waals surface area (Å²) in [5.74, 6) is -0.370. The van der Waals surface area contributed by atoms with Gasteiger partial charge in [0.05, 0.1) is 6.61 Å². The quantitative estimate of drug-likeness (QED) is 0.365. The fraction of sp³-hybridized carbons (Fsp3) is 0.538. The van der Waals surface area contributed by atoms with Gasteiger partial charge in [0.2, 0.25) is 6.08 Å². The molecule has 0 atom stereocenters. The van der Waals surface area contributed by atoms with Gasteiger partial charge in [-0.1, -0.05) is 6.42 Å². The van der Waals surface area contributed by atoms with Crippen molar-refractivity contribution in [3.05, 3.63) is 16.0 Å². The topological polar surface area (TPSA) is 55.7 Å². The number of rotatable bonds is 3. The van der Waals surface area contributed by atoms with Crippen LogP contribution in [-0.4, -0.2) is 18.7 Å². The van der Waals surface area contributed by atoms with E-state index in [0.717, 1.165) is 31.2 Å². The second kappa shape index (κ2) is 5.94. The Labute approximate surface area is 110 Å². The van der Waals surface area contributed by atoms with Crippen LogP contribution in [0.3, 0.4) is 0 Å². The SMILES string of the molecule is CCOC(=O)c1c(N=C=O)sc2c1CCCCC2. The van der Waals surface area contributed by atoms with Crippen molar-refractivity contribution in [3.8, 4) is 0 Å².